The van der Waals surface area contributed by atoms with Crippen LogP contribution in [0.15, 0.2) is 51.0 Å². The molecule has 0 bridgehead atoms. The number of amides is 1. The molecular formula is C14H10N4O4S. The number of amidine groups is 1. The van der Waals surface area contributed by atoms with Crippen molar-refractivity contribution in [2.24, 2.45) is 10.2 Å². The number of nitro groups is 1. The summed E-state index contributed by atoms with van der Waals surface area (Å²) < 4.78 is 5.55. The van der Waals surface area contributed by atoms with Crippen LogP contribution in [0.2, 0.25) is 0 Å². The van der Waals surface area contributed by atoms with Gasteiger partial charge in [-0.15, -0.1) is 5.10 Å². The van der Waals surface area contributed by atoms with Gasteiger partial charge in [-0.2, -0.15) is 5.10 Å². The van der Waals surface area contributed by atoms with Crippen LogP contribution in [0.3, 0.4) is 0 Å². The molecule has 8 nitrogen and oxygen atoms in total. The molecule has 1 aromatic carbocycles. The van der Waals surface area contributed by atoms with E-state index in [1.165, 1.54) is 30.1 Å². The van der Waals surface area contributed by atoms with Crippen LogP contribution in [0.4, 0.5) is 5.69 Å². The summed E-state index contributed by atoms with van der Waals surface area (Å²) in [7, 11) is 0. The zero-order chi connectivity index (χ0) is 16.2. The third kappa shape index (κ3) is 3.64. The third-order valence-electron chi connectivity index (χ3n) is 2.89. The van der Waals surface area contributed by atoms with E-state index in [9.17, 15) is 14.9 Å². The molecule has 1 amide bonds. The van der Waals surface area contributed by atoms with Crippen LogP contribution in [-0.2, 0) is 4.79 Å². The fraction of sp³-hybridized carbons (Fsp3) is 0.0714. The number of nitro benzene ring substituents is 1. The lowest BCUT2D eigenvalue weighted by atomic mass is 10.1. The summed E-state index contributed by atoms with van der Waals surface area (Å²) in [5.74, 6) is 1.18. The van der Waals surface area contributed by atoms with Crippen LogP contribution in [0.1, 0.15) is 5.76 Å². The Kier molecular flexibility index (Phi) is 4.20. The Hall–Kier alpha value is -2.94. The standard InChI is InChI=1S/C14H10N4O4S/c19-13-8-23-14(16-13)17-15-7-11-4-5-12(22-11)9-2-1-3-10(6-9)18(20)21/h1-7H,8H2,(H,16,17,19). The number of hydrogen-bond donors (Lipinski definition) is 1. The van der Waals surface area contributed by atoms with Crippen LogP contribution >= 0.6 is 11.8 Å². The van der Waals surface area contributed by atoms with Crippen molar-refractivity contribution in [2.75, 3.05) is 5.75 Å². The van der Waals surface area contributed by atoms with E-state index >= 15 is 0 Å². The topological polar surface area (TPSA) is 110 Å². The van der Waals surface area contributed by atoms with Crippen molar-refractivity contribution in [2.45, 2.75) is 0 Å². The smallest absolute Gasteiger partial charge is 0.270 e. The summed E-state index contributed by atoms with van der Waals surface area (Å²) in [6, 6.07) is 9.54. The van der Waals surface area contributed by atoms with Crippen molar-refractivity contribution < 1.29 is 14.1 Å². The minimum absolute atomic E-state index is 0.00508. The Morgan fingerprint density at radius 2 is 2.22 bits per heavy atom. The first-order chi connectivity index (χ1) is 11.1. The van der Waals surface area contributed by atoms with E-state index in [0.29, 0.717) is 28.0 Å². The highest BCUT2D eigenvalue weighted by molar-refractivity contribution is 8.15. The zero-order valence-electron chi connectivity index (χ0n) is 11.6. The van der Waals surface area contributed by atoms with Crippen molar-refractivity contribution in [3.63, 3.8) is 0 Å². The lowest BCUT2D eigenvalue weighted by Gasteiger charge is -1.96. The van der Waals surface area contributed by atoms with Crippen LogP contribution < -0.4 is 5.32 Å². The van der Waals surface area contributed by atoms with Gasteiger partial charge >= 0.3 is 0 Å². The van der Waals surface area contributed by atoms with Crippen LogP contribution in [0.25, 0.3) is 11.3 Å². The van der Waals surface area contributed by atoms with Crippen molar-refractivity contribution in [3.05, 3.63) is 52.3 Å². The Labute approximate surface area is 134 Å². The Morgan fingerprint density at radius 1 is 1.35 bits per heavy atom. The van der Waals surface area contributed by atoms with Gasteiger partial charge in [0.15, 0.2) is 5.17 Å². The highest BCUT2D eigenvalue weighted by atomic mass is 32.2. The second-order valence-electron chi connectivity index (χ2n) is 4.50. The minimum Gasteiger partial charge on any atom is -0.455 e. The molecule has 1 fully saturated rings. The molecule has 2 heterocycles. The molecule has 116 valence electrons. The molecule has 0 aliphatic carbocycles. The van der Waals surface area contributed by atoms with Gasteiger partial charge in [-0.25, -0.2) is 0 Å². The van der Waals surface area contributed by atoms with E-state index < -0.39 is 4.92 Å². The fourth-order valence-electron chi connectivity index (χ4n) is 1.87. The van der Waals surface area contributed by atoms with Gasteiger partial charge in [0.1, 0.15) is 11.5 Å². The normalized spacial score (nSPS) is 16.2. The number of benzene rings is 1. The fourth-order valence-corrected chi connectivity index (χ4v) is 2.50. The second kappa shape index (κ2) is 6.44. The quantitative estimate of drug-likeness (QED) is 0.526. The number of carbonyl (C=O) groups excluding carboxylic acids is 1. The molecule has 1 aliphatic heterocycles. The van der Waals surface area contributed by atoms with Crippen molar-refractivity contribution in [3.8, 4) is 11.3 Å². The third-order valence-corrected chi connectivity index (χ3v) is 3.75. The molecule has 3 rings (SSSR count). The van der Waals surface area contributed by atoms with Gasteiger partial charge < -0.3 is 9.73 Å². The molecular weight excluding hydrogens is 320 g/mol. The van der Waals surface area contributed by atoms with Crippen LogP contribution in [-0.4, -0.2) is 28.0 Å². The van der Waals surface area contributed by atoms with Gasteiger partial charge in [-0.3, -0.25) is 14.9 Å². The molecule has 9 heteroatoms. The SMILES string of the molecule is O=C1CSC(=NN=Cc2ccc(-c3cccc([N+](=O)[O-])c3)o2)N1. The second-order valence-corrected chi connectivity index (χ2v) is 5.46. The highest BCUT2D eigenvalue weighted by Gasteiger charge is 2.16. The molecule has 23 heavy (non-hydrogen) atoms. The van der Waals surface area contributed by atoms with Gasteiger partial charge in [0, 0.05) is 17.7 Å². The monoisotopic (exact) mass is 330 g/mol. The predicted molar refractivity (Wildman–Crippen MR) is 86.4 cm³/mol. The van der Waals surface area contributed by atoms with E-state index in [4.69, 9.17) is 4.42 Å². The zero-order valence-corrected chi connectivity index (χ0v) is 12.4. The maximum absolute atomic E-state index is 11.0. The van der Waals surface area contributed by atoms with E-state index in [-0.39, 0.29) is 11.6 Å². The first-order valence-electron chi connectivity index (χ1n) is 6.50. The first-order valence-corrected chi connectivity index (χ1v) is 7.49. The van der Waals surface area contributed by atoms with Crippen LogP contribution in [0.5, 0.6) is 0 Å². The van der Waals surface area contributed by atoms with Crippen molar-refractivity contribution >= 4 is 34.7 Å². The molecule has 0 atom stereocenters. The van der Waals surface area contributed by atoms with Crippen LogP contribution in [0, 0.1) is 10.1 Å². The molecule has 1 aliphatic rings. The number of carbonyl (C=O) groups is 1. The molecule has 1 aromatic heterocycles. The van der Waals surface area contributed by atoms with Gasteiger partial charge in [-0.05, 0) is 12.1 Å². The van der Waals surface area contributed by atoms with Gasteiger partial charge in [-0.1, -0.05) is 23.9 Å². The molecule has 0 spiro atoms. The number of non-ortho nitro benzene ring substituents is 1. The number of nitrogens with one attached hydrogen (secondary N) is 1. The maximum Gasteiger partial charge on any atom is 0.270 e. The Balaban J connectivity index is 1.74. The minimum atomic E-state index is -0.460. The van der Waals surface area contributed by atoms with Crippen molar-refractivity contribution in [1.82, 2.24) is 5.32 Å². The number of rotatable bonds is 4. The highest BCUT2D eigenvalue weighted by Crippen LogP contribution is 2.25. The van der Waals surface area contributed by atoms with Gasteiger partial charge in [0.05, 0.1) is 16.9 Å². The predicted octanol–water partition coefficient (Wildman–Crippen LogP) is 2.41. The van der Waals surface area contributed by atoms with E-state index in [0.717, 1.165) is 0 Å². The van der Waals surface area contributed by atoms with E-state index in [2.05, 4.69) is 15.5 Å². The molecule has 0 unspecified atom stereocenters. The molecule has 0 radical (unpaired) electrons. The summed E-state index contributed by atoms with van der Waals surface area (Å²) in [5.41, 5.74) is 0.596. The summed E-state index contributed by atoms with van der Waals surface area (Å²) in [4.78, 5) is 21.3. The summed E-state index contributed by atoms with van der Waals surface area (Å²) in [5, 5.41) is 21.5. The Morgan fingerprint density at radius 3 is 2.96 bits per heavy atom. The molecule has 2 aromatic rings. The summed E-state index contributed by atoms with van der Waals surface area (Å²) in [6.07, 6.45) is 1.40. The van der Waals surface area contributed by atoms with E-state index in [1.54, 1.807) is 24.3 Å². The molecule has 1 saturated heterocycles. The summed E-state index contributed by atoms with van der Waals surface area (Å²) >= 11 is 1.27. The van der Waals surface area contributed by atoms with Crippen molar-refractivity contribution in [1.29, 1.82) is 0 Å². The average Bonchev–Trinajstić information content (AvgIpc) is 3.17. The van der Waals surface area contributed by atoms with E-state index in [1.807, 2.05) is 0 Å². The summed E-state index contributed by atoms with van der Waals surface area (Å²) in [6.45, 7) is 0. The molecule has 0 saturated carbocycles. The van der Waals surface area contributed by atoms with Gasteiger partial charge in [0.2, 0.25) is 5.91 Å². The lowest BCUT2D eigenvalue weighted by molar-refractivity contribution is -0.384. The number of thioether (sulfide) groups is 1. The first kappa shape index (κ1) is 15.0. The Bertz CT molecular complexity index is 828. The number of nitrogens with zero attached hydrogens (tertiary/aromatic N) is 3. The largest absolute Gasteiger partial charge is 0.455 e. The number of hydrogen-bond acceptors (Lipinski definition) is 7. The van der Waals surface area contributed by atoms with Gasteiger partial charge in [0.25, 0.3) is 5.69 Å². The molecule has 1 N–H and O–H groups in total. The average molecular weight is 330 g/mol. The number of furan rings is 1. The maximum atomic E-state index is 11.0. The lowest BCUT2D eigenvalue weighted by Crippen LogP contribution is -2.19.